The Balaban J connectivity index is 2.11. The molecule has 0 fully saturated rings. The fourth-order valence-electron chi connectivity index (χ4n) is 2.98. The van der Waals surface area contributed by atoms with Crippen LogP contribution in [0.15, 0.2) is 41.3 Å². The van der Waals surface area contributed by atoms with Crippen LogP contribution in [0, 0.1) is 0 Å². The maximum atomic E-state index is 13.2. The minimum absolute atomic E-state index is 0.0128. The summed E-state index contributed by atoms with van der Waals surface area (Å²) in [5, 5.41) is 0.319. The van der Waals surface area contributed by atoms with E-state index in [2.05, 4.69) is 0 Å². The topological polar surface area (TPSA) is 46.6 Å². The molecule has 3 rings (SSSR count). The van der Waals surface area contributed by atoms with E-state index >= 15 is 0 Å². The molecule has 1 atom stereocenters. The predicted molar refractivity (Wildman–Crippen MR) is 96.9 cm³/mol. The van der Waals surface area contributed by atoms with Crippen molar-refractivity contribution in [2.75, 3.05) is 10.9 Å². The van der Waals surface area contributed by atoms with E-state index in [1.54, 1.807) is 6.07 Å². The molecule has 128 valence electrons. The van der Waals surface area contributed by atoms with Crippen LogP contribution in [0.5, 0.6) is 5.75 Å². The number of sulfonamides is 1. The van der Waals surface area contributed by atoms with Crippen molar-refractivity contribution in [2.45, 2.75) is 31.2 Å². The molecule has 1 heterocycles. The highest BCUT2D eigenvalue weighted by molar-refractivity contribution is 7.93. The lowest BCUT2D eigenvalue weighted by Gasteiger charge is -2.25. The van der Waals surface area contributed by atoms with Crippen LogP contribution in [0.25, 0.3) is 0 Å². The maximum absolute atomic E-state index is 13.2. The molecule has 1 aliphatic heterocycles. The Kier molecular flexibility index (Phi) is 4.69. The third kappa shape index (κ3) is 2.85. The molecule has 0 aliphatic carbocycles. The van der Waals surface area contributed by atoms with Crippen LogP contribution in [-0.2, 0) is 16.4 Å². The maximum Gasteiger partial charge on any atom is 0.266 e. The van der Waals surface area contributed by atoms with Crippen molar-refractivity contribution in [3.63, 3.8) is 0 Å². The second-order valence-electron chi connectivity index (χ2n) is 5.63. The number of benzene rings is 2. The van der Waals surface area contributed by atoms with Gasteiger partial charge in [-0.25, -0.2) is 8.42 Å². The van der Waals surface area contributed by atoms with E-state index < -0.39 is 10.0 Å². The molecule has 0 unspecified atom stereocenters. The Labute approximate surface area is 152 Å². The summed E-state index contributed by atoms with van der Waals surface area (Å²) in [6.07, 6.45) is 0.664. The molecule has 1 aliphatic rings. The zero-order chi connectivity index (χ0) is 17.5. The number of rotatable bonds is 4. The first-order chi connectivity index (χ1) is 11.4. The van der Waals surface area contributed by atoms with E-state index in [0.29, 0.717) is 24.5 Å². The highest BCUT2D eigenvalue weighted by Gasteiger charge is 2.37. The lowest BCUT2D eigenvalue weighted by molar-refractivity contribution is 0.340. The highest BCUT2D eigenvalue weighted by atomic mass is 35.5. The molecule has 0 aromatic heterocycles. The first kappa shape index (κ1) is 17.4. The van der Waals surface area contributed by atoms with Crippen LogP contribution in [0.3, 0.4) is 0 Å². The van der Waals surface area contributed by atoms with Gasteiger partial charge in [0.1, 0.15) is 10.6 Å². The Morgan fingerprint density at radius 1 is 1.21 bits per heavy atom. The van der Waals surface area contributed by atoms with Crippen molar-refractivity contribution in [3.8, 4) is 5.75 Å². The van der Waals surface area contributed by atoms with Gasteiger partial charge in [-0.1, -0.05) is 41.4 Å². The second kappa shape index (κ2) is 6.47. The average molecular weight is 386 g/mol. The SMILES string of the molecule is CCOc1cc(Cl)c(S(=O)(=O)N2c3ccccc3C[C@@H]2C)cc1Cl. The monoisotopic (exact) mass is 385 g/mol. The van der Waals surface area contributed by atoms with E-state index in [0.717, 1.165) is 5.56 Å². The predicted octanol–water partition coefficient (Wildman–Crippen LogP) is 4.53. The van der Waals surface area contributed by atoms with E-state index in [1.807, 2.05) is 32.0 Å². The van der Waals surface area contributed by atoms with Crippen LogP contribution in [0.4, 0.5) is 5.69 Å². The normalized spacial score (nSPS) is 17.0. The van der Waals surface area contributed by atoms with Crippen LogP contribution in [0.2, 0.25) is 10.0 Å². The molecule has 0 saturated carbocycles. The molecular weight excluding hydrogens is 369 g/mol. The van der Waals surface area contributed by atoms with Crippen LogP contribution in [-0.4, -0.2) is 21.1 Å². The summed E-state index contributed by atoms with van der Waals surface area (Å²) >= 11 is 12.4. The molecule has 0 bridgehead atoms. The number of anilines is 1. The molecule has 0 radical (unpaired) electrons. The summed E-state index contributed by atoms with van der Waals surface area (Å²) < 4.78 is 33.2. The van der Waals surface area contributed by atoms with Crippen LogP contribution < -0.4 is 9.04 Å². The molecule has 0 spiro atoms. The van der Waals surface area contributed by atoms with Gasteiger partial charge in [-0.2, -0.15) is 0 Å². The van der Waals surface area contributed by atoms with Gasteiger partial charge >= 0.3 is 0 Å². The molecule has 2 aromatic carbocycles. The van der Waals surface area contributed by atoms with Crippen molar-refractivity contribution >= 4 is 38.9 Å². The number of hydrogen-bond acceptors (Lipinski definition) is 3. The zero-order valence-corrected chi connectivity index (χ0v) is 15.6. The smallest absolute Gasteiger partial charge is 0.266 e. The van der Waals surface area contributed by atoms with Gasteiger partial charge in [0.2, 0.25) is 0 Å². The molecule has 2 aromatic rings. The quantitative estimate of drug-likeness (QED) is 0.776. The van der Waals surface area contributed by atoms with Gasteiger partial charge in [-0.05, 0) is 38.0 Å². The second-order valence-corrected chi connectivity index (χ2v) is 8.23. The number of fused-ring (bicyclic) bond motifs is 1. The molecule has 7 heteroatoms. The molecule has 0 N–H and O–H groups in total. The summed E-state index contributed by atoms with van der Waals surface area (Å²) in [4.78, 5) is -0.0128. The summed E-state index contributed by atoms with van der Waals surface area (Å²) in [5.74, 6) is 0.373. The first-order valence-corrected chi connectivity index (χ1v) is 9.80. The van der Waals surface area contributed by atoms with Gasteiger partial charge in [0.05, 0.1) is 22.3 Å². The van der Waals surface area contributed by atoms with Gasteiger partial charge in [-0.15, -0.1) is 0 Å². The van der Waals surface area contributed by atoms with Gasteiger partial charge in [-0.3, -0.25) is 4.31 Å². The van der Waals surface area contributed by atoms with Gasteiger partial charge in [0.25, 0.3) is 10.0 Å². The number of ether oxygens (including phenoxy) is 1. The third-order valence-electron chi connectivity index (χ3n) is 3.97. The average Bonchev–Trinajstić information content (AvgIpc) is 2.87. The summed E-state index contributed by atoms with van der Waals surface area (Å²) in [5.41, 5.74) is 1.69. The Morgan fingerprint density at radius 3 is 2.62 bits per heavy atom. The van der Waals surface area contributed by atoms with Gasteiger partial charge < -0.3 is 4.74 Å². The number of halogens is 2. The largest absolute Gasteiger partial charge is 0.492 e. The number of para-hydroxylation sites is 1. The Hall–Kier alpha value is -1.43. The number of nitrogens with zero attached hydrogens (tertiary/aromatic N) is 1. The van der Waals surface area contributed by atoms with Crippen molar-refractivity contribution < 1.29 is 13.2 Å². The lowest BCUT2D eigenvalue weighted by Crippen LogP contribution is -2.35. The molecular formula is C17H17Cl2NO3S. The van der Waals surface area contributed by atoms with E-state index in [4.69, 9.17) is 27.9 Å². The van der Waals surface area contributed by atoms with Gasteiger partial charge in [0, 0.05) is 12.1 Å². The Morgan fingerprint density at radius 2 is 1.92 bits per heavy atom. The fourth-order valence-corrected chi connectivity index (χ4v) is 5.48. The number of hydrogen-bond donors (Lipinski definition) is 0. The summed E-state index contributed by atoms with van der Waals surface area (Å²) in [6, 6.07) is 10.1. The van der Waals surface area contributed by atoms with Gasteiger partial charge in [0.15, 0.2) is 0 Å². The van der Waals surface area contributed by atoms with Crippen molar-refractivity contribution in [1.29, 1.82) is 0 Å². The molecule has 24 heavy (non-hydrogen) atoms. The fraction of sp³-hybridized carbons (Fsp3) is 0.294. The van der Waals surface area contributed by atoms with Crippen LogP contribution in [0.1, 0.15) is 19.4 Å². The van der Waals surface area contributed by atoms with Crippen LogP contribution >= 0.6 is 23.2 Å². The standard InChI is InChI=1S/C17H17Cl2NO3S/c1-3-23-16-9-14(19)17(10-13(16)18)24(21,22)20-11(2)8-12-6-4-5-7-15(12)20/h4-7,9-11H,3,8H2,1-2H3/t11-/m0/s1. The third-order valence-corrected chi connectivity index (χ3v) is 6.66. The minimum Gasteiger partial charge on any atom is -0.492 e. The van der Waals surface area contributed by atoms with E-state index in [9.17, 15) is 8.42 Å². The van der Waals surface area contributed by atoms with E-state index in [-0.39, 0.29) is 21.0 Å². The Bertz CT molecular complexity index is 883. The lowest BCUT2D eigenvalue weighted by atomic mass is 10.1. The summed E-state index contributed by atoms with van der Waals surface area (Å²) in [6.45, 7) is 4.11. The highest BCUT2D eigenvalue weighted by Crippen LogP contribution is 2.40. The minimum atomic E-state index is -3.82. The molecule has 0 saturated heterocycles. The first-order valence-electron chi connectivity index (χ1n) is 7.60. The van der Waals surface area contributed by atoms with Crippen molar-refractivity contribution in [3.05, 3.63) is 52.0 Å². The molecule has 4 nitrogen and oxygen atoms in total. The van der Waals surface area contributed by atoms with Crippen molar-refractivity contribution in [1.82, 2.24) is 0 Å². The molecule has 0 amide bonds. The van der Waals surface area contributed by atoms with Crippen molar-refractivity contribution in [2.24, 2.45) is 0 Å². The zero-order valence-electron chi connectivity index (χ0n) is 13.3. The van der Waals surface area contributed by atoms with E-state index in [1.165, 1.54) is 16.4 Å². The summed E-state index contributed by atoms with van der Waals surface area (Å²) in [7, 11) is -3.82.